The third-order valence-corrected chi connectivity index (χ3v) is 1.13. The molecule has 0 saturated heterocycles. The second kappa shape index (κ2) is 5.69. The predicted molar refractivity (Wildman–Crippen MR) is 48.6 cm³/mol. The predicted octanol–water partition coefficient (Wildman–Crippen LogP) is 1.46. The molecule has 0 rings (SSSR count). The van der Waals surface area contributed by atoms with Crippen molar-refractivity contribution in [2.45, 2.75) is 20.8 Å². The fourth-order valence-corrected chi connectivity index (χ4v) is 0.572. The second-order valence-electron chi connectivity index (χ2n) is 2.87. The third kappa shape index (κ3) is 6.81. The minimum absolute atomic E-state index is 0.341. The van der Waals surface area contributed by atoms with Crippen LogP contribution in [0.25, 0.3) is 0 Å². The van der Waals surface area contributed by atoms with Crippen LogP contribution >= 0.6 is 0 Å². The van der Waals surface area contributed by atoms with Gasteiger partial charge in [0.25, 0.3) is 0 Å². The van der Waals surface area contributed by atoms with Crippen molar-refractivity contribution in [3.05, 3.63) is 0 Å². The maximum absolute atomic E-state index is 5.02. The smallest absolute Gasteiger partial charge is 0.0364 e. The van der Waals surface area contributed by atoms with E-state index in [1.807, 2.05) is 0 Å². The Labute approximate surface area is 69.6 Å². The summed E-state index contributed by atoms with van der Waals surface area (Å²) in [6, 6.07) is 2.37. The van der Waals surface area contributed by atoms with E-state index in [-0.39, 0.29) is 0 Å². The van der Waals surface area contributed by atoms with E-state index in [1.54, 1.807) is 0 Å². The molecule has 0 bridgehead atoms. The number of nitrogens with one attached hydrogen (secondary N) is 1. The zero-order chi connectivity index (χ0) is 8.69. The Hall–Kier alpha value is -1.08. The van der Waals surface area contributed by atoms with Crippen LogP contribution in [0.4, 0.5) is 0 Å². The van der Waals surface area contributed by atoms with Gasteiger partial charge in [-0.2, -0.15) is 0 Å². The number of terminal acetylenes is 1. The van der Waals surface area contributed by atoms with Crippen molar-refractivity contribution in [2.75, 3.05) is 6.54 Å². The molecule has 0 aromatic rings. The number of rotatable bonds is 2. The van der Waals surface area contributed by atoms with E-state index in [0.29, 0.717) is 11.8 Å². The fraction of sp³-hybridized carbons (Fsp3) is 0.600. The van der Waals surface area contributed by atoms with Crippen molar-refractivity contribution in [1.29, 1.82) is 0 Å². The molecule has 0 fully saturated rings. The van der Waals surface area contributed by atoms with Gasteiger partial charge in [0.15, 0.2) is 0 Å². The Balaban J connectivity index is 3.63. The minimum Gasteiger partial charge on any atom is -0.345 e. The lowest BCUT2D eigenvalue weighted by Gasteiger charge is -2.00. The van der Waals surface area contributed by atoms with E-state index in [4.69, 9.17) is 6.42 Å². The molecule has 0 aliphatic carbocycles. The molecule has 0 spiro atoms. The van der Waals surface area contributed by atoms with E-state index < -0.39 is 0 Å². The van der Waals surface area contributed by atoms with Crippen LogP contribution in [0.3, 0.4) is 0 Å². The van der Waals surface area contributed by atoms with Crippen molar-refractivity contribution in [3.63, 3.8) is 0 Å². The van der Waals surface area contributed by atoms with Crippen molar-refractivity contribution < 1.29 is 0 Å². The lowest BCUT2D eigenvalue weighted by molar-refractivity contribution is 0.700. The molecular formula is C10H15N. The summed E-state index contributed by atoms with van der Waals surface area (Å²) in [6.07, 6.45) is 5.02. The average molecular weight is 149 g/mol. The SMILES string of the molecule is C#CNCC(C)C#CC(C)C. The highest BCUT2D eigenvalue weighted by molar-refractivity contribution is 5.05. The van der Waals surface area contributed by atoms with Crippen LogP contribution in [0, 0.1) is 36.1 Å². The summed E-state index contributed by atoms with van der Waals surface area (Å²) in [5.74, 6) is 6.99. The molecule has 0 aromatic carbocycles. The molecule has 1 unspecified atom stereocenters. The van der Waals surface area contributed by atoms with E-state index >= 15 is 0 Å². The zero-order valence-corrected chi connectivity index (χ0v) is 7.44. The molecule has 0 aromatic heterocycles. The van der Waals surface area contributed by atoms with E-state index in [1.165, 1.54) is 0 Å². The molecule has 1 heteroatoms. The van der Waals surface area contributed by atoms with Gasteiger partial charge in [-0.15, -0.1) is 5.92 Å². The monoisotopic (exact) mass is 149 g/mol. The first-order valence-electron chi connectivity index (χ1n) is 3.86. The van der Waals surface area contributed by atoms with E-state index in [0.717, 1.165) is 6.54 Å². The van der Waals surface area contributed by atoms with Crippen LogP contribution in [0.15, 0.2) is 0 Å². The summed E-state index contributed by atoms with van der Waals surface area (Å²) in [6.45, 7) is 6.98. The lowest BCUT2D eigenvalue weighted by Crippen LogP contribution is -2.14. The molecule has 1 atom stereocenters. The van der Waals surface area contributed by atoms with Crippen LogP contribution in [0.2, 0.25) is 0 Å². The Morgan fingerprint density at radius 1 is 1.27 bits per heavy atom. The van der Waals surface area contributed by atoms with Crippen LogP contribution in [-0.4, -0.2) is 6.54 Å². The van der Waals surface area contributed by atoms with Gasteiger partial charge in [0.1, 0.15) is 0 Å². The highest BCUT2D eigenvalue weighted by Crippen LogP contribution is 1.92. The minimum atomic E-state index is 0.341. The average Bonchev–Trinajstić information content (AvgIpc) is 1.97. The molecule has 1 N–H and O–H groups in total. The largest absolute Gasteiger partial charge is 0.345 e. The van der Waals surface area contributed by atoms with Gasteiger partial charge in [-0.1, -0.05) is 26.2 Å². The number of hydrogen-bond acceptors (Lipinski definition) is 1. The summed E-state index contributed by atoms with van der Waals surface area (Å²) in [5.41, 5.74) is 0. The Morgan fingerprint density at radius 2 is 1.91 bits per heavy atom. The van der Waals surface area contributed by atoms with Crippen LogP contribution in [-0.2, 0) is 0 Å². The maximum atomic E-state index is 5.02. The van der Waals surface area contributed by atoms with Gasteiger partial charge in [0.05, 0.1) is 0 Å². The molecule has 60 valence electrons. The van der Waals surface area contributed by atoms with Gasteiger partial charge in [0.2, 0.25) is 0 Å². The first-order valence-corrected chi connectivity index (χ1v) is 3.86. The molecule has 0 amide bonds. The van der Waals surface area contributed by atoms with Gasteiger partial charge in [-0.3, -0.25) is 0 Å². The highest BCUT2D eigenvalue weighted by Gasteiger charge is 1.93. The van der Waals surface area contributed by atoms with Crippen molar-refractivity contribution in [3.8, 4) is 24.3 Å². The summed E-state index contributed by atoms with van der Waals surface area (Å²) in [5, 5.41) is 2.80. The third-order valence-electron chi connectivity index (χ3n) is 1.13. The van der Waals surface area contributed by atoms with Gasteiger partial charge in [0, 0.05) is 24.4 Å². The van der Waals surface area contributed by atoms with Gasteiger partial charge in [-0.05, 0) is 6.92 Å². The molecule has 11 heavy (non-hydrogen) atoms. The van der Waals surface area contributed by atoms with Gasteiger partial charge >= 0.3 is 0 Å². The lowest BCUT2D eigenvalue weighted by atomic mass is 10.1. The summed E-state index contributed by atoms with van der Waals surface area (Å²) in [7, 11) is 0. The quantitative estimate of drug-likeness (QED) is 0.463. The summed E-state index contributed by atoms with van der Waals surface area (Å²) in [4.78, 5) is 0. The summed E-state index contributed by atoms with van der Waals surface area (Å²) < 4.78 is 0. The molecule has 0 aliphatic heterocycles. The number of hydrogen-bond donors (Lipinski definition) is 1. The van der Waals surface area contributed by atoms with Crippen LogP contribution < -0.4 is 5.32 Å². The zero-order valence-electron chi connectivity index (χ0n) is 7.44. The van der Waals surface area contributed by atoms with Crippen molar-refractivity contribution in [2.24, 2.45) is 11.8 Å². The first kappa shape index (κ1) is 9.92. The Bertz CT molecular complexity index is 187. The summed E-state index contributed by atoms with van der Waals surface area (Å²) >= 11 is 0. The van der Waals surface area contributed by atoms with Crippen molar-refractivity contribution in [1.82, 2.24) is 5.32 Å². The fourth-order valence-electron chi connectivity index (χ4n) is 0.572. The first-order chi connectivity index (χ1) is 5.16. The van der Waals surface area contributed by atoms with E-state index in [2.05, 4.69) is 44.0 Å². The van der Waals surface area contributed by atoms with Gasteiger partial charge in [-0.25, -0.2) is 0 Å². The van der Waals surface area contributed by atoms with Gasteiger partial charge < -0.3 is 5.32 Å². The van der Waals surface area contributed by atoms with Crippen molar-refractivity contribution >= 4 is 0 Å². The Morgan fingerprint density at radius 3 is 2.36 bits per heavy atom. The normalized spacial score (nSPS) is 11.2. The molecular weight excluding hydrogens is 134 g/mol. The molecule has 1 nitrogen and oxygen atoms in total. The standard InChI is InChI=1S/C10H15N/c1-5-11-8-10(4)7-6-9(2)3/h1,9-11H,8H2,2-4H3. The highest BCUT2D eigenvalue weighted by atomic mass is 14.8. The second-order valence-corrected chi connectivity index (χ2v) is 2.87. The molecule has 0 radical (unpaired) electrons. The molecule has 0 heterocycles. The van der Waals surface area contributed by atoms with Crippen LogP contribution in [0.1, 0.15) is 20.8 Å². The maximum Gasteiger partial charge on any atom is 0.0364 e. The molecule has 0 saturated carbocycles. The molecule has 0 aliphatic rings. The van der Waals surface area contributed by atoms with E-state index in [9.17, 15) is 0 Å². The van der Waals surface area contributed by atoms with Crippen LogP contribution in [0.5, 0.6) is 0 Å². The Kier molecular flexibility index (Phi) is 5.13. The topological polar surface area (TPSA) is 12.0 Å².